The third-order valence-electron chi connectivity index (χ3n) is 4.17. The number of rotatable bonds is 4. The first kappa shape index (κ1) is 19.0. The van der Waals surface area contributed by atoms with Crippen LogP contribution in [0.1, 0.15) is 33.6 Å². The fourth-order valence-corrected chi connectivity index (χ4v) is 2.60. The Morgan fingerprint density at radius 1 is 1.16 bits per heavy atom. The first-order valence-corrected chi connectivity index (χ1v) is 8.57. The Morgan fingerprint density at radius 2 is 1.76 bits per heavy atom. The van der Waals surface area contributed by atoms with Gasteiger partial charge in [-0.2, -0.15) is 0 Å². The van der Waals surface area contributed by atoms with Crippen molar-refractivity contribution < 1.29 is 14.4 Å². The van der Waals surface area contributed by atoms with Crippen LogP contribution >= 0.6 is 0 Å². The largest absolute Gasteiger partial charge is 0.386 e. The van der Waals surface area contributed by atoms with E-state index in [1.807, 2.05) is 56.0 Å². The van der Waals surface area contributed by atoms with Crippen LogP contribution < -0.4 is 4.90 Å². The van der Waals surface area contributed by atoms with E-state index in [-0.39, 0.29) is 23.8 Å². The summed E-state index contributed by atoms with van der Waals surface area (Å²) in [4.78, 5) is 33.0. The molecule has 1 fully saturated rings. The van der Waals surface area contributed by atoms with Crippen molar-refractivity contribution >= 4 is 23.2 Å². The van der Waals surface area contributed by atoms with Crippen LogP contribution in [0.2, 0.25) is 0 Å². The number of likely N-dealkylation sites (N-methyl/N-ethyl adjacent to an activating group) is 1. The van der Waals surface area contributed by atoms with Crippen molar-refractivity contribution in [2.75, 3.05) is 31.6 Å². The third kappa shape index (κ3) is 5.31. The second-order valence-corrected chi connectivity index (χ2v) is 7.26. The fourth-order valence-electron chi connectivity index (χ4n) is 2.60. The van der Waals surface area contributed by atoms with Gasteiger partial charge in [0.25, 0.3) is 5.91 Å². The summed E-state index contributed by atoms with van der Waals surface area (Å²) in [6, 6.07) is 9.40. The minimum atomic E-state index is -0.362. The third-order valence-corrected chi connectivity index (χ3v) is 4.17. The van der Waals surface area contributed by atoms with E-state index < -0.39 is 0 Å². The highest BCUT2D eigenvalue weighted by atomic mass is 16.6. The molecule has 6 nitrogen and oxygen atoms in total. The molecule has 0 atom stereocenters. The molecule has 0 aromatic heterocycles. The number of hydrogen-bond acceptors (Lipinski definition) is 4. The molecule has 1 aromatic rings. The minimum absolute atomic E-state index is 0.0977. The van der Waals surface area contributed by atoms with Crippen molar-refractivity contribution in [2.45, 2.75) is 33.6 Å². The molecule has 2 rings (SSSR count). The molecule has 1 aliphatic heterocycles. The van der Waals surface area contributed by atoms with Gasteiger partial charge in [-0.1, -0.05) is 44.1 Å². The van der Waals surface area contributed by atoms with Gasteiger partial charge in [-0.15, -0.1) is 0 Å². The van der Waals surface area contributed by atoms with Gasteiger partial charge in [0, 0.05) is 44.1 Å². The molecule has 1 saturated heterocycles. The Kier molecular flexibility index (Phi) is 6.17. The number of nitrogens with zero attached hydrogens (tertiary/aromatic N) is 3. The van der Waals surface area contributed by atoms with E-state index in [9.17, 15) is 9.59 Å². The molecule has 2 amide bonds. The molecule has 1 heterocycles. The average molecular weight is 345 g/mol. The van der Waals surface area contributed by atoms with Crippen LogP contribution in [0.3, 0.4) is 0 Å². The highest BCUT2D eigenvalue weighted by Gasteiger charge is 2.29. The van der Waals surface area contributed by atoms with Crippen LogP contribution in [0.4, 0.5) is 5.69 Å². The van der Waals surface area contributed by atoms with Gasteiger partial charge in [0.1, 0.15) is 0 Å². The van der Waals surface area contributed by atoms with Gasteiger partial charge >= 0.3 is 0 Å². The van der Waals surface area contributed by atoms with E-state index in [1.54, 1.807) is 11.9 Å². The zero-order valence-corrected chi connectivity index (χ0v) is 15.5. The van der Waals surface area contributed by atoms with Crippen LogP contribution in [-0.4, -0.2) is 49.2 Å². The molecule has 6 heteroatoms. The average Bonchev–Trinajstić information content (AvgIpc) is 2.61. The molecule has 0 spiro atoms. The first-order chi connectivity index (χ1) is 11.8. The van der Waals surface area contributed by atoms with Crippen LogP contribution in [0.15, 0.2) is 35.5 Å². The van der Waals surface area contributed by atoms with Gasteiger partial charge in [-0.25, -0.2) is 0 Å². The van der Waals surface area contributed by atoms with E-state index >= 15 is 0 Å². The summed E-state index contributed by atoms with van der Waals surface area (Å²) in [5.74, 6) is 0.00280. The Balaban J connectivity index is 1.78. The lowest BCUT2D eigenvalue weighted by molar-refractivity contribution is -0.139. The molecule has 0 saturated carbocycles. The summed E-state index contributed by atoms with van der Waals surface area (Å²) in [6.45, 7) is 6.98. The molecular formula is C19H27N3O3. The highest BCUT2D eigenvalue weighted by molar-refractivity contribution is 5.94. The second kappa shape index (κ2) is 8.14. The first-order valence-electron chi connectivity index (χ1n) is 8.57. The topological polar surface area (TPSA) is 62.2 Å². The van der Waals surface area contributed by atoms with Gasteiger partial charge < -0.3 is 14.6 Å². The standard InChI is InChI=1S/C19H27N3O3/c1-19(2,3)18(24)22-12-10-15(11-13-22)20-25-14-17(23)21(4)16-8-6-5-7-9-16/h5-9H,10-14H2,1-4H3. The number of likely N-dealkylation sites (tertiary alicyclic amines) is 1. The maximum absolute atomic E-state index is 12.2. The van der Waals surface area contributed by atoms with Crippen LogP contribution in [0, 0.1) is 5.41 Å². The van der Waals surface area contributed by atoms with E-state index in [2.05, 4.69) is 5.16 Å². The Morgan fingerprint density at radius 3 is 2.32 bits per heavy atom. The van der Waals surface area contributed by atoms with Crippen molar-refractivity contribution in [1.29, 1.82) is 0 Å². The fraction of sp³-hybridized carbons (Fsp3) is 0.526. The number of carbonyl (C=O) groups is 2. The summed E-state index contributed by atoms with van der Waals surface area (Å²) in [7, 11) is 1.71. The molecule has 0 aliphatic carbocycles. The van der Waals surface area contributed by atoms with Crippen molar-refractivity contribution in [3.05, 3.63) is 30.3 Å². The number of carbonyl (C=O) groups excluding carboxylic acids is 2. The Hall–Kier alpha value is -2.37. The molecule has 0 N–H and O–H groups in total. The SMILES string of the molecule is CN(C(=O)CON=C1CCN(C(=O)C(C)(C)C)CC1)c1ccccc1. The summed E-state index contributed by atoms with van der Waals surface area (Å²) in [6.07, 6.45) is 1.37. The van der Waals surface area contributed by atoms with Gasteiger partial charge in [-0.3, -0.25) is 9.59 Å². The molecule has 25 heavy (non-hydrogen) atoms. The predicted molar refractivity (Wildman–Crippen MR) is 98.5 cm³/mol. The van der Waals surface area contributed by atoms with Crippen molar-refractivity contribution in [3.63, 3.8) is 0 Å². The lowest BCUT2D eigenvalue weighted by Crippen LogP contribution is -2.44. The van der Waals surface area contributed by atoms with E-state index in [0.717, 1.165) is 11.4 Å². The number of benzene rings is 1. The lowest BCUT2D eigenvalue weighted by atomic mass is 9.93. The zero-order valence-electron chi connectivity index (χ0n) is 15.5. The molecule has 1 aromatic carbocycles. The summed E-state index contributed by atoms with van der Waals surface area (Å²) < 4.78 is 0. The van der Waals surface area contributed by atoms with Crippen molar-refractivity contribution in [2.24, 2.45) is 10.6 Å². The number of para-hydroxylation sites is 1. The van der Waals surface area contributed by atoms with Crippen molar-refractivity contribution in [3.8, 4) is 0 Å². The molecule has 0 unspecified atom stereocenters. The molecule has 1 aliphatic rings. The molecular weight excluding hydrogens is 318 g/mol. The summed E-state index contributed by atoms with van der Waals surface area (Å²) in [5, 5.41) is 4.09. The Bertz CT molecular complexity index is 625. The van der Waals surface area contributed by atoms with E-state index in [0.29, 0.717) is 25.9 Å². The second-order valence-electron chi connectivity index (χ2n) is 7.26. The monoisotopic (exact) mass is 345 g/mol. The van der Waals surface area contributed by atoms with Gasteiger partial charge in [0.15, 0.2) is 6.61 Å². The van der Waals surface area contributed by atoms with E-state index in [1.165, 1.54) is 0 Å². The van der Waals surface area contributed by atoms with Gasteiger partial charge in [0.05, 0.1) is 5.71 Å². The quantitative estimate of drug-likeness (QED) is 0.788. The van der Waals surface area contributed by atoms with Gasteiger partial charge in [-0.05, 0) is 12.1 Å². The van der Waals surface area contributed by atoms with Crippen LogP contribution in [-0.2, 0) is 14.4 Å². The smallest absolute Gasteiger partial charge is 0.267 e. The van der Waals surface area contributed by atoms with Crippen molar-refractivity contribution in [1.82, 2.24) is 4.90 Å². The maximum atomic E-state index is 12.2. The minimum Gasteiger partial charge on any atom is -0.386 e. The molecule has 0 bridgehead atoms. The number of piperidine rings is 1. The lowest BCUT2D eigenvalue weighted by Gasteiger charge is -2.32. The Labute approximate surface area is 149 Å². The maximum Gasteiger partial charge on any atom is 0.267 e. The number of oxime groups is 1. The van der Waals surface area contributed by atoms with Crippen LogP contribution in [0.5, 0.6) is 0 Å². The molecule has 136 valence electrons. The summed E-state index contributed by atoms with van der Waals surface area (Å²) in [5.41, 5.74) is 1.35. The number of hydrogen-bond donors (Lipinski definition) is 0. The predicted octanol–water partition coefficient (Wildman–Crippen LogP) is 2.69. The number of amides is 2. The molecule has 0 radical (unpaired) electrons. The highest BCUT2D eigenvalue weighted by Crippen LogP contribution is 2.20. The number of anilines is 1. The summed E-state index contributed by atoms with van der Waals surface area (Å²) >= 11 is 0. The normalized spacial score (nSPS) is 14.9. The van der Waals surface area contributed by atoms with Crippen LogP contribution in [0.25, 0.3) is 0 Å². The van der Waals surface area contributed by atoms with Gasteiger partial charge in [0.2, 0.25) is 5.91 Å². The van der Waals surface area contributed by atoms with E-state index in [4.69, 9.17) is 4.84 Å². The zero-order chi connectivity index (χ0) is 18.4.